The van der Waals surface area contributed by atoms with E-state index in [4.69, 9.17) is 21.3 Å². The normalized spacial score (nSPS) is 10.2. The van der Waals surface area contributed by atoms with Crippen LogP contribution in [0.15, 0.2) is 52.9 Å². The summed E-state index contributed by atoms with van der Waals surface area (Å²) in [6.45, 7) is 0.267. The number of nitrogens with one attached hydrogen (secondary N) is 1. The number of aromatic nitrogens is 2. The van der Waals surface area contributed by atoms with Gasteiger partial charge < -0.3 is 9.73 Å². The number of hydrogen-bond donors (Lipinski definition) is 1. The van der Waals surface area contributed by atoms with E-state index in [0.717, 1.165) is 11.1 Å². The second kappa shape index (κ2) is 7.60. The van der Waals surface area contributed by atoms with Gasteiger partial charge in [0, 0.05) is 11.6 Å². The number of carbonyl (C=O) groups excluding carboxylic acids is 1. The van der Waals surface area contributed by atoms with Crippen LogP contribution in [0.5, 0.6) is 0 Å². The van der Waals surface area contributed by atoms with Crippen LogP contribution in [0.1, 0.15) is 33.3 Å². The Hall–Kier alpha value is -3.17. The molecule has 1 N–H and O–H groups in total. The second-order valence-corrected chi connectivity index (χ2v) is 5.74. The molecule has 0 radical (unpaired) electrons. The minimum Gasteiger partial charge on any atom is -0.417 e. The lowest BCUT2D eigenvalue weighted by Gasteiger charge is -2.02. The number of rotatable bonds is 5. The van der Waals surface area contributed by atoms with Crippen molar-refractivity contribution in [3.8, 4) is 6.07 Å². The van der Waals surface area contributed by atoms with Crippen LogP contribution in [-0.2, 0) is 13.0 Å². The third kappa shape index (κ3) is 4.43. The SMILES string of the molecule is N#Cc1cccc(CNC(=O)c2nnc(Cc3ccc(Cl)cc3)o2)c1. The first-order valence-corrected chi connectivity index (χ1v) is 7.86. The highest BCUT2D eigenvalue weighted by molar-refractivity contribution is 6.30. The van der Waals surface area contributed by atoms with Gasteiger partial charge >= 0.3 is 11.8 Å². The first-order valence-electron chi connectivity index (χ1n) is 7.48. The Bertz CT molecular complexity index is 929. The van der Waals surface area contributed by atoms with Gasteiger partial charge in [-0.1, -0.05) is 35.9 Å². The second-order valence-electron chi connectivity index (χ2n) is 5.30. The molecule has 124 valence electrons. The van der Waals surface area contributed by atoms with Crippen molar-refractivity contribution < 1.29 is 9.21 Å². The fourth-order valence-corrected chi connectivity index (χ4v) is 2.33. The van der Waals surface area contributed by atoms with Crippen LogP contribution in [0.2, 0.25) is 5.02 Å². The molecule has 0 saturated carbocycles. The molecule has 7 heteroatoms. The molecule has 0 spiro atoms. The zero-order valence-electron chi connectivity index (χ0n) is 13.1. The van der Waals surface area contributed by atoms with Gasteiger partial charge in [-0.05, 0) is 35.4 Å². The maximum absolute atomic E-state index is 12.1. The van der Waals surface area contributed by atoms with Gasteiger partial charge in [-0.25, -0.2) is 0 Å². The molecule has 0 saturated heterocycles. The molecular weight excluding hydrogens is 340 g/mol. The first kappa shape index (κ1) is 16.7. The van der Waals surface area contributed by atoms with E-state index in [2.05, 4.69) is 21.6 Å². The molecule has 0 aliphatic heterocycles. The molecule has 3 aromatic rings. The molecule has 0 aliphatic rings. The van der Waals surface area contributed by atoms with Crippen molar-refractivity contribution in [3.63, 3.8) is 0 Å². The number of halogens is 1. The summed E-state index contributed by atoms with van der Waals surface area (Å²) in [5.74, 6) is -0.212. The van der Waals surface area contributed by atoms with Crippen LogP contribution in [-0.4, -0.2) is 16.1 Å². The molecule has 0 aliphatic carbocycles. The van der Waals surface area contributed by atoms with Crippen LogP contribution in [0, 0.1) is 11.3 Å². The molecular formula is C18H13ClN4O2. The molecule has 0 fully saturated rings. The van der Waals surface area contributed by atoms with Crippen LogP contribution < -0.4 is 5.32 Å². The number of nitrogens with zero attached hydrogens (tertiary/aromatic N) is 3. The fraction of sp³-hybridized carbons (Fsp3) is 0.111. The van der Waals surface area contributed by atoms with Gasteiger partial charge in [0.1, 0.15) is 0 Å². The fourth-order valence-electron chi connectivity index (χ4n) is 2.20. The van der Waals surface area contributed by atoms with Gasteiger partial charge in [0.25, 0.3) is 0 Å². The lowest BCUT2D eigenvalue weighted by atomic mass is 10.1. The Kier molecular flexibility index (Phi) is 5.07. The minimum atomic E-state index is -0.461. The van der Waals surface area contributed by atoms with Gasteiger partial charge in [0.15, 0.2) is 0 Å². The van der Waals surface area contributed by atoms with Crippen LogP contribution in [0.4, 0.5) is 0 Å². The van der Waals surface area contributed by atoms with Crippen molar-refractivity contribution in [2.75, 3.05) is 0 Å². The van der Waals surface area contributed by atoms with Crippen LogP contribution in [0.25, 0.3) is 0 Å². The summed E-state index contributed by atoms with van der Waals surface area (Å²) in [5.41, 5.74) is 2.30. The predicted molar refractivity (Wildman–Crippen MR) is 90.9 cm³/mol. The summed E-state index contributed by atoms with van der Waals surface area (Å²) in [5, 5.41) is 19.9. The molecule has 1 aromatic heterocycles. The van der Waals surface area contributed by atoms with E-state index in [0.29, 0.717) is 22.9 Å². The van der Waals surface area contributed by atoms with E-state index in [1.807, 2.05) is 18.2 Å². The number of carbonyl (C=O) groups is 1. The van der Waals surface area contributed by atoms with Crippen LogP contribution in [0.3, 0.4) is 0 Å². The Balaban J connectivity index is 1.60. The summed E-state index contributed by atoms with van der Waals surface area (Å²) >= 11 is 5.84. The summed E-state index contributed by atoms with van der Waals surface area (Å²) in [4.78, 5) is 12.1. The standard InChI is InChI=1S/C18H13ClN4O2/c19-15-6-4-12(5-7-15)9-16-22-23-18(25-16)17(24)21-11-14-3-1-2-13(8-14)10-20/h1-8H,9,11H2,(H,21,24). The molecule has 0 unspecified atom stereocenters. The van der Waals surface area contributed by atoms with Crippen molar-refractivity contribution in [2.24, 2.45) is 0 Å². The molecule has 1 amide bonds. The quantitative estimate of drug-likeness (QED) is 0.761. The molecule has 0 atom stereocenters. The number of benzene rings is 2. The Morgan fingerprint density at radius 3 is 2.72 bits per heavy atom. The van der Waals surface area contributed by atoms with Gasteiger partial charge in [0.2, 0.25) is 5.89 Å². The lowest BCUT2D eigenvalue weighted by Crippen LogP contribution is -2.23. The Morgan fingerprint density at radius 2 is 1.96 bits per heavy atom. The summed E-state index contributed by atoms with van der Waals surface area (Å²) in [7, 11) is 0. The minimum absolute atomic E-state index is 0.0969. The number of hydrogen-bond acceptors (Lipinski definition) is 5. The van der Waals surface area contributed by atoms with Crippen molar-refractivity contribution in [1.82, 2.24) is 15.5 Å². The van der Waals surface area contributed by atoms with E-state index in [-0.39, 0.29) is 12.4 Å². The van der Waals surface area contributed by atoms with E-state index in [1.54, 1.807) is 30.3 Å². The number of amides is 1. The average molecular weight is 353 g/mol. The van der Waals surface area contributed by atoms with E-state index < -0.39 is 5.91 Å². The summed E-state index contributed by atoms with van der Waals surface area (Å²) in [6, 6.07) is 16.3. The average Bonchev–Trinajstić information content (AvgIpc) is 3.10. The van der Waals surface area contributed by atoms with Gasteiger partial charge in [-0.3, -0.25) is 4.79 Å². The van der Waals surface area contributed by atoms with Crippen molar-refractivity contribution in [1.29, 1.82) is 5.26 Å². The predicted octanol–water partition coefficient (Wildman–Crippen LogP) is 3.12. The summed E-state index contributed by atoms with van der Waals surface area (Å²) < 4.78 is 5.39. The first-order chi connectivity index (χ1) is 12.1. The Labute approximate surface area is 149 Å². The Morgan fingerprint density at radius 1 is 1.16 bits per heavy atom. The largest absolute Gasteiger partial charge is 0.417 e. The third-order valence-corrected chi connectivity index (χ3v) is 3.69. The van der Waals surface area contributed by atoms with Crippen molar-refractivity contribution in [3.05, 3.63) is 82.0 Å². The topological polar surface area (TPSA) is 91.8 Å². The number of nitriles is 1. The molecule has 25 heavy (non-hydrogen) atoms. The van der Waals surface area contributed by atoms with E-state index in [1.165, 1.54) is 0 Å². The van der Waals surface area contributed by atoms with Gasteiger partial charge in [0.05, 0.1) is 18.1 Å². The maximum Gasteiger partial charge on any atom is 0.309 e. The third-order valence-electron chi connectivity index (χ3n) is 3.44. The van der Waals surface area contributed by atoms with Crippen molar-refractivity contribution in [2.45, 2.75) is 13.0 Å². The highest BCUT2D eigenvalue weighted by Crippen LogP contribution is 2.13. The smallest absolute Gasteiger partial charge is 0.309 e. The molecule has 1 heterocycles. The molecule has 2 aromatic carbocycles. The zero-order chi connectivity index (χ0) is 17.6. The van der Waals surface area contributed by atoms with Gasteiger partial charge in [-0.15, -0.1) is 10.2 Å². The van der Waals surface area contributed by atoms with Crippen molar-refractivity contribution >= 4 is 17.5 Å². The maximum atomic E-state index is 12.1. The molecule has 6 nitrogen and oxygen atoms in total. The zero-order valence-corrected chi connectivity index (χ0v) is 13.8. The molecule has 0 bridgehead atoms. The monoisotopic (exact) mass is 352 g/mol. The van der Waals surface area contributed by atoms with E-state index >= 15 is 0 Å². The lowest BCUT2D eigenvalue weighted by molar-refractivity contribution is 0.0914. The van der Waals surface area contributed by atoms with Gasteiger partial charge in [-0.2, -0.15) is 5.26 Å². The highest BCUT2D eigenvalue weighted by atomic mass is 35.5. The summed E-state index contributed by atoms with van der Waals surface area (Å²) in [6.07, 6.45) is 0.418. The van der Waals surface area contributed by atoms with E-state index in [9.17, 15) is 4.79 Å². The van der Waals surface area contributed by atoms with Crippen LogP contribution >= 0.6 is 11.6 Å². The highest BCUT2D eigenvalue weighted by Gasteiger charge is 2.15. The molecule has 3 rings (SSSR count).